The topological polar surface area (TPSA) is 84.7 Å². The summed E-state index contributed by atoms with van der Waals surface area (Å²) in [4.78, 5) is 26.5. The number of nitrogens with zero attached hydrogens (tertiary/aromatic N) is 1. The first-order valence-electron chi connectivity index (χ1n) is 7.20. The first kappa shape index (κ1) is 19.5. The summed E-state index contributed by atoms with van der Waals surface area (Å²) < 4.78 is 5.22. The van der Waals surface area contributed by atoms with Gasteiger partial charge in [-0.25, -0.2) is 0 Å². The van der Waals surface area contributed by atoms with Crippen LogP contribution in [0.4, 0.5) is 0 Å². The normalized spacial score (nSPS) is 16.7. The van der Waals surface area contributed by atoms with Crippen LogP contribution in [0.1, 0.15) is 23.2 Å². The molecular formula is C15H21Cl2N3O3. The molecule has 0 bridgehead atoms. The lowest BCUT2D eigenvalue weighted by molar-refractivity contribution is -0.124. The fraction of sp³-hybridized carbons (Fsp3) is 0.467. The van der Waals surface area contributed by atoms with Crippen LogP contribution in [-0.2, 0) is 4.79 Å². The first-order valence-corrected chi connectivity index (χ1v) is 7.58. The number of rotatable bonds is 5. The van der Waals surface area contributed by atoms with Crippen molar-refractivity contribution in [1.29, 1.82) is 0 Å². The van der Waals surface area contributed by atoms with E-state index in [9.17, 15) is 9.59 Å². The SMILES string of the molecule is COc1ccc(Cl)cc1C(=O)N1CCCC1C(=O)NCCN.Cl. The fourth-order valence-electron chi connectivity index (χ4n) is 2.60. The van der Waals surface area contributed by atoms with Gasteiger partial charge in [-0.05, 0) is 31.0 Å². The average Bonchev–Trinajstić information content (AvgIpc) is 3.01. The van der Waals surface area contributed by atoms with Gasteiger partial charge in [0.2, 0.25) is 5.91 Å². The summed E-state index contributed by atoms with van der Waals surface area (Å²) >= 11 is 5.97. The summed E-state index contributed by atoms with van der Waals surface area (Å²) in [6.07, 6.45) is 1.43. The zero-order valence-electron chi connectivity index (χ0n) is 12.9. The van der Waals surface area contributed by atoms with Crippen LogP contribution in [0.15, 0.2) is 18.2 Å². The molecule has 1 aliphatic rings. The van der Waals surface area contributed by atoms with Crippen molar-refractivity contribution in [2.75, 3.05) is 26.7 Å². The summed E-state index contributed by atoms with van der Waals surface area (Å²) in [5, 5.41) is 3.19. The molecule has 1 aromatic rings. The van der Waals surface area contributed by atoms with Crippen molar-refractivity contribution in [1.82, 2.24) is 10.2 Å². The van der Waals surface area contributed by atoms with Crippen molar-refractivity contribution < 1.29 is 14.3 Å². The van der Waals surface area contributed by atoms with Crippen molar-refractivity contribution in [2.45, 2.75) is 18.9 Å². The number of ether oxygens (including phenoxy) is 1. The van der Waals surface area contributed by atoms with Gasteiger partial charge >= 0.3 is 0 Å². The van der Waals surface area contributed by atoms with Crippen molar-refractivity contribution in [3.8, 4) is 5.75 Å². The summed E-state index contributed by atoms with van der Waals surface area (Å²) in [6.45, 7) is 1.31. The Bertz CT molecular complexity index is 569. The van der Waals surface area contributed by atoms with Gasteiger partial charge in [0.15, 0.2) is 0 Å². The molecule has 2 amide bonds. The van der Waals surface area contributed by atoms with Crippen LogP contribution >= 0.6 is 24.0 Å². The number of carbonyl (C=O) groups is 2. The molecule has 1 atom stereocenters. The molecule has 0 aromatic heterocycles. The molecular weight excluding hydrogens is 341 g/mol. The Hall–Kier alpha value is -1.50. The predicted octanol–water partition coefficient (Wildman–Crippen LogP) is 1.45. The lowest BCUT2D eigenvalue weighted by atomic mass is 10.1. The predicted molar refractivity (Wildman–Crippen MR) is 91.4 cm³/mol. The number of nitrogens with one attached hydrogen (secondary N) is 1. The quantitative estimate of drug-likeness (QED) is 0.830. The van der Waals surface area contributed by atoms with Crippen molar-refractivity contribution >= 4 is 35.8 Å². The highest BCUT2D eigenvalue weighted by Gasteiger charge is 2.35. The van der Waals surface area contributed by atoms with Crippen LogP contribution in [0, 0.1) is 0 Å². The number of benzene rings is 1. The maximum atomic E-state index is 12.8. The minimum absolute atomic E-state index is 0. The second kappa shape index (κ2) is 8.96. The van der Waals surface area contributed by atoms with E-state index < -0.39 is 6.04 Å². The van der Waals surface area contributed by atoms with Gasteiger partial charge in [0.1, 0.15) is 11.8 Å². The molecule has 1 heterocycles. The van der Waals surface area contributed by atoms with Crippen LogP contribution in [0.3, 0.4) is 0 Å². The fourth-order valence-corrected chi connectivity index (χ4v) is 2.77. The minimum Gasteiger partial charge on any atom is -0.496 e. The largest absolute Gasteiger partial charge is 0.496 e. The van der Waals surface area contributed by atoms with E-state index in [0.717, 1.165) is 6.42 Å². The van der Waals surface area contributed by atoms with E-state index >= 15 is 0 Å². The molecule has 1 aliphatic heterocycles. The smallest absolute Gasteiger partial charge is 0.258 e. The van der Waals surface area contributed by atoms with E-state index in [1.165, 1.54) is 7.11 Å². The van der Waals surface area contributed by atoms with E-state index in [0.29, 0.717) is 42.4 Å². The molecule has 0 spiro atoms. The average molecular weight is 362 g/mol. The standard InChI is InChI=1S/C15H20ClN3O3.ClH/c1-22-13-5-4-10(16)9-11(13)15(21)19-8-2-3-12(19)14(20)18-7-6-17;/h4-5,9,12H,2-3,6-8,17H2,1H3,(H,18,20);1H. The van der Waals surface area contributed by atoms with Gasteiger partial charge in [-0.2, -0.15) is 0 Å². The molecule has 0 radical (unpaired) electrons. The summed E-state index contributed by atoms with van der Waals surface area (Å²) in [6, 6.07) is 4.40. The Balaban J connectivity index is 0.00000264. The molecule has 23 heavy (non-hydrogen) atoms. The van der Waals surface area contributed by atoms with Crippen LogP contribution in [0.25, 0.3) is 0 Å². The van der Waals surface area contributed by atoms with E-state index in [1.54, 1.807) is 23.1 Å². The molecule has 3 N–H and O–H groups in total. The molecule has 1 fully saturated rings. The summed E-state index contributed by atoms with van der Waals surface area (Å²) in [5.41, 5.74) is 5.76. The molecule has 0 aliphatic carbocycles. The van der Waals surface area contributed by atoms with Gasteiger partial charge in [-0.3, -0.25) is 9.59 Å². The van der Waals surface area contributed by atoms with Gasteiger partial charge in [-0.15, -0.1) is 12.4 Å². The highest BCUT2D eigenvalue weighted by Crippen LogP contribution is 2.27. The van der Waals surface area contributed by atoms with Gasteiger partial charge < -0.3 is 20.7 Å². The van der Waals surface area contributed by atoms with E-state index in [4.69, 9.17) is 22.1 Å². The summed E-state index contributed by atoms with van der Waals surface area (Å²) in [5.74, 6) is 0.0319. The molecule has 8 heteroatoms. The van der Waals surface area contributed by atoms with E-state index in [1.807, 2.05) is 0 Å². The lowest BCUT2D eigenvalue weighted by Gasteiger charge is -2.24. The Morgan fingerprint density at radius 3 is 2.87 bits per heavy atom. The Labute approximate surface area is 146 Å². The zero-order valence-corrected chi connectivity index (χ0v) is 14.5. The van der Waals surface area contributed by atoms with Gasteiger partial charge in [-0.1, -0.05) is 11.6 Å². The number of hydrogen-bond donors (Lipinski definition) is 2. The van der Waals surface area contributed by atoms with Gasteiger partial charge in [0, 0.05) is 24.7 Å². The third-order valence-corrected chi connectivity index (χ3v) is 3.89. The Morgan fingerprint density at radius 1 is 1.48 bits per heavy atom. The number of carbonyl (C=O) groups excluding carboxylic acids is 2. The van der Waals surface area contributed by atoms with Crippen molar-refractivity contribution in [3.63, 3.8) is 0 Å². The highest BCUT2D eigenvalue weighted by molar-refractivity contribution is 6.31. The van der Waals surface area contributed by atoms with Crippen LogP contribution in [0.5, 0.6) is 5.75 Å². The van der Waals surface area contributed by atoms with Gasteiger partial charge in [0.25, 0.3) is 5.91 Å². The maximum Gasteiger partial charge on any atom is 0.258 e. The molecule has 6 nitrogen and oxygen atoms in total. The Morgan fingerprint density at radius 2 is 2.22 bits per heavy atom. The Kier molecular flexibility index (Phi) is 7.61. The van der Waals surface area contributed by atoms with Crippen LogP contribution in [0.2, 0.25) is 5.02 Å². The van der Waals surface area contributed by atoms with Crippen molar-refractivity contribution in [2.24, 2.45) is 5.73 Å². The first-order chi connectivity index (χ1) is 10.6. The molecule has 128 valence electrons. The zero-order chi connectivity index (χ0) is 16.1. The number of nitrogens with two attached hydrogens (primary N) is 1. The third kappa shape index (κ3) is 4.50. The highest BCUT2D eigenvalue weighted by atomic mass is 35.5. The van der Waals surface area contributed by atoms with Crippen molar-refractivity contribution in [3.05, 3.63) is 28.8 Å². The monoisotopic (exact) mass is 361 g/mol. The molecule has 1 unspecified atom stereocenters. The van der Waals surface area contributed by atoms with E-state index in [2.05, 4.69) is 5.32 Å². The van der Waals surface area contributed by atoms with Crippen LogP contribution < -0.4 is 15.8 Å². The number of methoxy groups -OCH3 is 1. The second-order valence-corrected chi connectivity index (χ2v) is 5.52. The molecule has 1 saturated heterocycles. The molecule has 1 aromatic carbocycles. The lowest BCUT2D eigenvalue weighted by Crippen LogP contribution is -2.47. The number of likely N-dealkylation sites (tertiary alicyclic amines) is 1. The maximum absolute atomic E-state index is 12.8. The number of amides is 2. The minimum atomic E-state index is -0.470. The number of halogens is 2. The van der Waals surface area contributed by atoms with Crippen LogP contribution in [-0.4, -0.2) is 49.5 Å². The summed E-state index contributed by atoms with van der Waals surface area (Å²) in [7, 11) is 1.50. The third-order valence-electron chi connectivity index (χ3n) is 3.65. The molecule has 2 rings (SSSR count). The van der Waals surface area contributed by atoms with Gasteiger partial charge in [0.05, 0.1) is 12.7 Å². The molecule has 0 saturated carbocycles. The second-order valence-electron chi connectivity index (χ2n) is 5.08. The van der Waals surface area contributed by atoms with E-state index in [-0.39, 0.29) is 24.2 Å². The number of hydrogen-bond acceptors (Lipinski definition) is 4.